The highest BCUT2D eigenvalue weighted by Crippen LogP contribution is 2.33. The van der Waals surface area contributed by atoms with E-state index in [1.165, 1.54) is 0 Å². The minimum atomic E-state index is 0.0239. The number of nitrogens with zero attached hydrogens (tertiary/aromatic N) is 1. The molecule has 0 radical (unpaired) electrons. The second-order valence-electron chi connectivity index (χ2n) is 5.02. The SMILES string of the molecule is COc1ccc(C2CC(=O)C=CN2c2ccccc2)cc1. The Hall–Kier alpha value is -2.55. The van der Waals surface area contributed by atoms with Crippen molar-refractivity contribution in [3.05, 3.63) is 72.4 Å². The molecule has 0 fully saturated rings. The third kappa shape index (κ3) is 2.82. The molecule has 1 atom stereocenters. The van der Waals surface area contributed by atoms with Crippen molar-refractivity contribution in [2.45, 2.75) is 12.5 Å². The first-order valence-corrected chi connectivity index (χ1v) is 6.96. The van der Waals surface area contributed by atoms with Gasteiger partial charge in [0.15, 0.2) is 5.78 Å². The maximum atomic E-state index is 11.8. The van der Waals surface area contributed by atoms with E-state index in [1.54, 1.807) is 13.2 Å². The standard InChI is InChI=1S/C18H17NO2/c1-21-17-9-7-14(8-10-17)18-13-16(20)11-12-19(18)15-5-3-2-4-6-15/h2-12,18H,13H2,1H3. The van der Waals surface area contributed by atoms with Gasteiger partial charge in [0.05, 0.1) is 13.2 Å². The number of methoxy groups -OCH3 is 1. The fraction of sp³-hybridized carbons (Fsp3) is 0.167. The number of para-hydroxylation sites is 1. The van der Waals surface area contributed by atoms with Gasteiger partial charge in [-0.25, -0.2) is 0 Å². The number of hydrogen-bond donors (Lipinski definition) is 0. The first-order chi connectivity index (χ1) is 10.3. The molecule has 21 heavy (non-hydrogen) atoms. The number of anilines is 1. The second-order valence-corrected chi connectivity index (χ2v) is 5.02. The van der Waals surface area contributed by atoms with E-state index >= 15 is 0 Å². The maximum Gasteiger partial charge on any atom is 0.159 e. The van der Waals surface area contributed by atoms with Gasteiger partial charge in [0.25, 0.3) is 0 Å². The van der Waals surface area contributed by atoms with Crippen LogP contribution in [0.4, 0.5) is 5.69 Å². The van der Waals surface area contributed by atoms with Gasteiger partial charge < -0.3 is 9.64 Å². The van der Waals surface area contributed by atoms with Crippen molar-refractivity contribution in [2.24, 2.45) is 0 Å². The number of allylic oxidation sites excluding steroid dienone is 1. The molecular weight excluding hydrogens is 262 g/mol. The monoisotopic (exact) mass is 279 g/mol. The van der Waals surface area contributed by atoms with E-state index in [0.29, 0.717) is 6.42 Å². The van der Waals surface area contributed by atoms with E-state index in [-0.39, 0.29) is 11.8 Å². The normalized spacial score (nSPS) is 17.9. The molecule has 0 aromatic heterocycles. The summed E-state index contributed by atoms with van der Waals surface area (Å²) in [6, 6.07) is 18.0. The van der Waals surface area contributed by atoms with Gasteiger partial charge in [0, 0.05) is 18.3 Å². The predicted molar refractivity (Wildman–Crippen MR) is 83.4 cm³/mol. The molecule has 1 unspecified atom stereocenters. The van der Waals surface area contributed by atoms with Crippen LogP contribution in [0.25, 0.3) is 0 Å². The number of ether oxygens (including phenoxy) is 1. The smallest absolute Gasteiger partial charge is 0.159 e. The number of hydrogen-bond acceptors (Lipinski definition) is 3. The minimum absolute atomic E-state index is 0.0239. The molecule has 0 bridgehead atoms. The lowest BCUT2D eigenvalue weighted by Crippen LogP contribution is -2.28. The highest BCUT2D eigenvalue weighted by molar-refractivity contribution is 5.92. The zero-order valence-electron chi connectivity index (χ0n) is 11.9. The lowest BCUT2D eigenvalue weighted by molar-refractivity contribution is -0.115. The molecule has 0 amide bonds. The minimum Gasteiger partial charge on any atom is -0.497 e. The first kappa shape index (κ1) is 13.4. The molecule has 0 saturated carbocycles. The Morgan fingerprint density at radius 1 is 1.05 bits per heavy atom. The largest absolute Gasteiger partial charge is 0.497 e. The molecule has 3 heteroatoms. The van der Waals surface area contributed by atoms with Crippen molar-refractivity contribution in [1.82, 2.24) is 0 Å². The van der Waals surface area contributed by atoms with E-state index in [4.69, 9.17) is 4.74 Å². The highest BCUT2D eigenvalue weighted by atomic mass is 16.5. The van der Waals surface area contributed by atoms with Gasteiger partial charge in [-0.15, -0.1) is 0 Å². The van der Waals surface area contributed by atoms with E-state index in [9.17, 15) is 4.79 Å². The average molecular weight is 279 g/mol. The Labute approximate surface area is 124 Å². The quantitative estimate of drug-likeness (QED) is 0.857. The third-order valence-electron chi connectivity index (χ3n) is 3.71. The van der Waals surface area contributed by atoms with Crippen molar-refractivity contribution in [3.8, 4) is 5.75 Å². The van der Waals surface area contributed by atoms with Gasteiger partial charge in [0.2, 0.25) is 0 Å². The lowest BCUT2D eigenvalue weighted by Gasteiger charge is -2.33. The Morgan fingerprint density at radius 3 is 2.43 bits per heavy atom. The van der Waals surface area contributed by atoms with Crippen LogP contribution in [-0.2, 0) is 4.79 Å². The fourth-order valence-electron chi connectivity index (χ4n) is 2.59. The van der Waals surface area contributed by atoms with Crippen LogP contribution >= 0.6 is 0 Å². The molecule has 3 rings (SSSR count). The van der Waals surface area contributed by atoms with E-state index in [1.807, 2.05) is 48.7 Å². The fourth-order valence-corrected chi connectivity index (χ4v) is 2.59. The summed E-state index contributed by atoms with van der Waals surface area (Å²) < 4.78 is 5.19. The number of carbonyl (C=O) groups excluding carboxylic acids is 1. The van der Waals surface area contributed by atoms with Crippen molar-refractivity contribution in [3.63, 3.8) is 0 Å². The maximum absolute atomic E-state index is 11.8. The molecular formula is C18H17NO2. The summed E-state index contributed by atoms with van der Waals surface area (Å²) in [4.78, 5) is 14.0. The van der Waals surface area contributed by atoms with Crippen LogP contribution in [0.1, 0.15) is 18.0 Å². The third-order valence-corrected chi connectivity index (χ3v) is 3.71. The van der Waals surface area contributed by atoms with E-state index in [2.05, 4.69) is 17.0 Å². The Kier molecular flexibility index (Phi) is 3.73. The average Bonchev–Trinajstić information content (AvgIpc) is 2.56. The molecule has 1 aliphatic rings. The van der Waals surface area contributed by atoms with Crippen LogP contribution < -0.4 is 9.64 Å². The Morgan fingerprint density at radius 2 is 1.76 bits per heavy atom. The number of carbonyl (C=O) groups is 1. The molecule has 1 aliphatic heterocycles. The highest BCUT2D eigenvalue weighted by Gasteiger charge is 2.25. The van der Waals surface area contributed by atoms with Crippen molar-refractivity contribution < 1.29 is 9.53 Å². The molecule has 0 spiro atoms. The molecule has 2 aromatic rings. The summed E-state index contributed by atoms with van der Waals surface area (Å²) in [7, 11) is 1.65. The lowest BCUT2D eigenvalue weighted by atomic mass is 9.96. The van der Waals surface area contributed by atoms with Gasteiger partial charge in [-0.05, 0) is 35.9 Å². The summed E-state index contributed by atoms with van der Waals surface area (Å²) >= 11 is 0. The molecule has 106 valence electrons. The molecule has 0 N–H and O–H groups in total. The van der Waals surface area contributed by atoms with Gasteiger partial charge >= 0.3 is 0 Å². The molecule has 0 saturated heterocycles. The summed E-state index contributed by atoms with van der Waals surface area (Å²) in [5, 5.41) is 0. The van der Waals surface area contributed by atoms with E-state index < -0.39 is 0 Å². The van der Waals surface area contributed by atoms with E-state index in [0.717, 1.165) is 17.0 Å². The number of rotatable bonds is 3. The van der Waals surface area contributed by atoms with Crippen LogP contribution in [0.15, 0.2) is 66.9 Å². The van der Waals surface area contributed by atoms with Crippen molar-refractivity contribution >= 4 is 11.5 Å². The van der Waals surface area contributed by atoms with Gasteiger partial charge in [-0.3, -0.25) is 4.79 Å². The summed E-state index contributed by atoms with van der Waals surface area (Å²) in [5.41, 5.74) is 2.19. The zero-order valence-corrected chi connectivity index (χ0v) is 11.9. The zero-order chi connectivity index (χ0) is 14.7. The Bertz CT molecular complexity index is 647. The number of benzene rings is 2. The van der Waals surface area contributed by atoms with Gasteiger partial charge in [-0.2, -0.15) is 0 Å². The number of ketones is 1. The second kappa shape index (κ2) is 5.83. The summed E-state index contributed by atoms with van der Waals surface area (Å²) in [6.07, 6.45) is 4.00. The van der Waals surface area contributed by atoms with Gasteiger partial charge in [0.1, 0.15) is 5.75 Å². The van der Waals surface area contributed by atoms with Crippen LogP contribution in [-0.4, -0.2) is 12.9 Å². The van der Waals surface area contributed by atoms with Crippen molar-refractivity contribution in [1.29, 1.82) is 0 Å². The van der Waals surface area contributed by atoms with Gasteiger partial charge in [-0.1, -0.05) is 30.3 Å². The molecule has 0 aliphatic carbocycles. The van der Waals surface area contributed by atoms with Crippen molar-refractivity contribution in [2.75, 3.05) is 12.0 Å². The summed E-state index contributed by atoms with van der Waals surface area (Å²) in [5.74, 6) is 0.977. The molecule has 1 heterocycles. The predicted octanol–water partition coefficient (Wildman–Crippen LogP) is 3.73. The topological polar surface area (TPSA) is 29.5 Å². The van der Waals surface area contributed by atoms with Crippen LogP contribution in [0.5, 0.6) is 5.75 Å². The van der Waals surface area contributed by atoms with Crippen LogP contribution in [0, 0.1) is 0 Å². The van der Waals surface area contributed by atoms with Crippen LogP contribution in [0.3, 0.4) is 0 Å². The first-order valence-electron chi connectivity index (χ1n) is 6.96. The Balaban J connectivity index is 1.96. The molecule has 2 aromatic carbocycles. The summed E-state index contributed by atoms with van der Waals surface area (Å²) in [6.45, 7) is 0. The molecule has 3 nitrogen and oxygen atoms in total. The van der Waals surface area contributed by atoms with Crippen LogP contribution in [0.2, 0.25) is 0 Å².